The predicted octanol–water partition coefficient (Wildman–Crippen LogP) is 7.66. The van der Waals surface area contributed by atoms with E-state index in [1.165, 1.54) is 10.9 Å². The molecule has 0 spiro atoms. The molecule has 1 nitrogen and oxygen atoms in total. The zero-order chi connectivity index (χ0) is 20.9. The number of rotatable bonds is 2. The Morgan fingerprint density at radius 1 is 0.630 bits per heavy atom. The second kappa shape index (κ2) is 6.50. The molecule has 2 rings (SSSR count). The van der Waals surface area contributed by atoms with Crippen LogP contribution in [-0.2, 0) is 0 Å². The molecule has 0 heterocycles. The summed E-state index contributed by atoms with van der Waals surface area (Å²) < 4.78 is 0. The van der Waals surface area contributed by atoms with E-state index in [0.29, 0.717) is 0 Å². The van der Waals surface area contributed by atoms with Gasteiger partial charge in [0.1, 0.15) is 0 Å². The number of hydrogen-bond acceptors (Lipinski definition) is 1. The van der Waals surface area contributed by atoms with Crippen LogP contribution in [0.25, 0.3) is 11.1 Å². The Balaban J connectivity index is 3.14. The summed E-state index contributed by atoms with van der Waals surface area (Å²) in [4.78, 5) is 0. The third-order valence-electron chi connectivity index (χ3n) is 6.39. The summed E-state index contributed by atoms with van der Waals surface area (Å²) in [6, 6.07) is 16.8. The summed E-state index contributed by atoms with van der Waals surface area (Å²) in [5.74, 6) is -3.13. The molecule has 0 aliphatic carbocycles. The van der Waals surface area contributed by atoms with Crippen molar-refractivity contribution in [3.05, 3.63) is 48.5 Å². The van der Waals surface area contributed by atoms with E-state index in [9.17, 15) is 0 Å². The van der Waals surface area contributed by atoms with Gasteiger partial charge in [-0.25, -0.2) is 0 Å². The fourth-order valence-electron chi connectivity index (χ4n) is 5.91. The predicted molar refractivity (Wildman–Crippen MR) is 128 cm³/mol. The number of para-hydroxylation sites is 1. The fraction of sp³-hybridized carbons (Fsp3) is 0.500. The van der Waals surface area contributed by atoms with Crippen LogP contribution in [0.5, 0.6) is 0 Å². The minimum absolute atomic E-state index is 0.108. The minimum atomic E-state index is -3.13. The molecule has 0 saturated carbocycles. The van der Waals surface area contributed by atoms with E-state index >= 15 is 0 Å². The Kier molecular flexibility index (Phi) is 5.35. The zero-order valence-corrected chi connectivity index (χ0v) is 20.2. The molecule has 0 aliphatic heterocycles. The van der Waals surface area contributed by atoms with Crippen LogP contribution in [0.15, 0.2) is 48.5 Å². The number of benzene rings is 2. The van der Waals surface area contributed by atoms with Gasteiger partial charge in [0, 0.05) is 0 Å². The van der Waals surface area contributed by atoms with Crippen LogP contribution in [0.2, 0.25) is 0 Å². The van der Waals surface area contributed by atoms with E-state index in [4.69, 9.17) is 17.0 Å². The van der Waals surface area contributed by atoms with Gasteiger partial charge in [-0.1, -0.05) is 0 Å². The van der Waals surface area contributed by atoms with E-state index in [0.717, 1.165) is 11.3 Å². The molecule has 0 atom stereocenters. The van der Waals surface area contributed by atoms with Crippen molar-refractivity contribution in [1.82, 2.24) is 0 Å². The monoisotopic (exact) mass is 405 g/mol. The molecular weight excluding hydrogens is 369 g/mol. The number of hydrogen-bond donors (Lipinski definition) is 1. The Morgan fingerprint density at radius 2 is 1.00 bits per heavy atom. The van der Waals surface area contributed by atoms with E-state index in [1.54, 1.807) is 0 Å². The molecular formula is C24H37ClNP. The number of nitrogen functional groups attached to an aromatic ring is 1. The van der Waals surface area contributed by atoms with Gasteiger partial charge >= 0.3 is 171 Å². The van der Waals surface area contributed by atoms with Crippen molar-refractivity contribution in [3.8, 4) is 11.1 Å². The fourth-order valence-corrected chi connectivity index (χ4v) is 15.6. The first-order valence-corrected chi connectivity index (χ1v) is 12.9. The van der Waals surface area contributed by atoms with E-state index in [-0.39, 0.29) is 15.5 Å². The quantitative estimate of drug-likeness (QED) is 0.402. The van der Waals surface area contributed by atoms with Gasteiger partial charge in [0.25, 0.3) is 0 Å². The Morgan fingerprint density at radius 3 is 1.41 bits per heavy atom. The summed E-state index contributed by atoms with van der Waals surface area (Å²) in [5.41, 5.74) is 9.44. The van der Waals surface area contributed by atoms with Crippen LogP contribution in [0.3, 0.4) is 0 Å². The van der Waals surface area contributed by atoms with Crippen molar-refractivity contribution in [2.75, 3.05) is 5.73 Å². The van der Waals surface area contributed by atoms with Gasteiger partial charge in [0.15, 0.2) is 0 Å². The third kappa shape index (κ3) is 2.77. The third-order valence-corrected chi connectivity index (χ3v) is 20.4. The first kappa shape index (κ1) is 22.3. The SMILES string of the molecule is CC(C)(C)P(Cl)(c1ccccc1-c1ccccc1N)(C(C)(C)C)C(C)(C)C. The number of halogens is 1. The Hall–Kier alpha value is -1.04. The molecule has 0 fully saturated rings. The molecule has 2 aromatic carbocycles. The Labute approximate surface area is 171 Å². The molecule has 3 heteroatoms. The van der Waals surface area contributed by atoms with E-state index in [2.05, 4.69) is 98.7 Å². The molecule has 2 N–H and O–H groups in total. The van der Waals surface area contributed by atoms with Gasteiger partial charge in [-0.2, -0.15) is 0 Å². The van der Waals surface area contributed by atoms with Crippen molar-refractivity contribution < 1.29 is 0 Å². The van der Waals surface area contributed by atoms with Crippen molar-refractivity contribution in [1.29, 1.82) is 0 Å². The summed E-state index contributed by atoms with van der Waals surface area (Å²) in [5, 5.41) is 0.950. The molecule has 0 unspecified atom stereocenters. The van der Waals surface area contributed by atoms with Crippen molar-refractivity contribution in [3.63, 3.8) is 0 Å². The Bertz CT molecular complexity index is 796. The maximum atomic E-state index is 8.25. The van der Waals surface area contributed by atoms with Gasteiger partial charge in [0.2, 0.25) is 0 Å². The van der Waals surface area contributed by atoms with Crippen LogP contribution in [0.4, 0.5) is 5.69 Å². The van der Waals surface area contributed by atoms with Gasteiger partial charge in [-0.3, -0.25) is 0 Å². The second-order valence-corrected chi connectivity index (χ2v) is 19.2. The van der Waals surface area contributed by atoms with Gasteiger partial charge < -0.3 is 0 Å². The molecule has 0 aliphatic rings. The number of nitrogens with two attached hydrogens (primary N) is 1. The summed E-state index contributed by atoms with van der Waals surface area (Å²) >= 11 is 8.25. The van der Waals surface area contributed by atoms with Crippen LogP contribution in [0.1, 0.15) is 62.3 Å². The zero-order valence-electron chi connectivity index (χ0n) is 18.5. The maximum absolute atomic E-state index is 8.25. The van der Waals surface area contributed by atoms with E-state index < -0.39 is 5.96 Å². The number of anilines is 1. The van der Waals surface area contributed by atoms with Gasteiger partial charge in [-0.15, -0.1) is 0 Å². The van der Waals surface area contributed by atoms with Crippen LogP contribution in [0, 0.1) is 0 Å². The molecule has 0 saturated heterocycles. The average Bonchev–Trinajstić information content (AvgIpc) is 2.51. The standard InChI is InChI=1S/C24H37ClNP/c1-22(2,3)27(25,23(4,5)6,24(7,8)9)21-17-13-11-15-19(21)18-14-10-12-16-20(18)26/h10-17H,26H2,1-9H3. The average molecular weight is 406 g/mol. The van der Waals surface area contributed by atoms with Crippen molar-refractivity contribution >= 4 is 28.2 Å². The molecule has 27 heavy (non-hydrogen) atoms. The molecule has 150 valence electrons. The van der Waals surface area contributed by atoms with Gasteiger partial charge in [-0.05, 0) is 0 Å². The second-order valence-electron chi connectivity index (χ2n) is 10.6. The van der Waals surface area contributed by atoms with Crippen molar-refractivity contribution in [2.24, 2.45) is 0 Å². The van der Waals surface area contributed by atoms with Crippen LogP contribution >= 0.6 is 17.2 Å². The summed E-state index contributed by atoms with van der Waals surface area (Å²) in [6.07, 6.45) is 0. The normalized spacial score (nSPS) is 15.3. The van der Waals surface area contributed by atoms with Crippen LogP contribution in [-0.4, -0.2) is 15.5 Å². The molecule has 2 aromatic rings. The summed E-state index contributed by atoms with van der Waals surface area (Å²) in [7, 11) is 0. The first-order valence-electron chi connectivity index (χ1n) is 9.76. The van der Waals surface area contributed by atoms with Crippen molar-refractivity contribution in [2.45, 2.75) is 77.8 Å². The van der Waals surface area contributed by atoms with Crippen LogP contribution < -0.4 is 11.0 Å². The molecule has 0 radical (unpaired) electrons. The molecule has 0 aromatic heterocycles. The topological polar surface area (TPSA) is 26.0 Å². The van der Waals surface area contributed by atoms with E-state index in [1.807, 2.05) is 12.1 Å². The first-order chi connectivity index (χ1) is 12.1. The summed E-state index contributed by atoms with van der Waals surface area (Å²) in [6.45, 7) is 20.9. The van der Waals surface area contributed by atoms with Gasteiger partial charge in [0.05, 0.1) is 0 Å². The molecule has 0 amide bonds. The molecule has 0 bridgehead atoms.